The molecule has 7 heteroatoms. The number of thiocarbonyl (C=S) groups is 1. The fourth-order valence-corrected chi connectivity index (χ4v) is 3.22. The third-order valence-corrected chi connectivity index (χ3v) is 4.54. The Morgan fingerprint density at radius 2 is 1.79 bits per heavy atom. The number of nitrogens with zero attached hydrogens (tertiary/aromatic N) is 1. The summed E-state index contributed by atoms with van der Waals surface area (Å²) in [6.07, 6.45) is 1.66. The van der Waals surface area contributed by atoms with Gasteiger partial charge in [-0.3, -0.25) is 15.0 Å². The standard InChI is InChI=1S/C17H12N2O3S2/c20-13-8-6-11(7-9-13)10-14-16(22)19(17(23)24-14)18-15(21)12-4-2-1-3-5-12/h1-10,20H,(H,18,21)/b14-10-. The van der Waals surface area contributed by atoms with Crippen molar-refractivity contribution in [2.75, 3.05) is 0 Å². The minimum Gasteiger partial charge on any atom is -0.508 e. The molecule has 0 bridgehead atoms. The van der Waals surface area contributed by atoms with E-state index in [0.29, 0.717) is 10.5 Å². The lowest BCUT2D eigenvalue weighted by atomic mass is 10.2. The van der Waals surface area contributed by atoms with Gasteiger partial charge >= 0.3 is 0 Å². The molecule has 0 spiro atoms. The van der Waals surface area contributed by atoms with E-state index in [1.807, 2.05) is 0 Å². The van der Waals surface area contributed by atoms with Gasteiger partial charge in [-0.2, -0.15) is 5.01 Å². The van der Waals surface area contributed by atoms with Crippen molar-refractivity contribution in [3.8, 4) is 5.75 Å². The second-order valence-electron chi connectivity index (χ2n) is 4.92. The third-order valence-electron chi connectivity index (χ3n) is 3.23. The van der Waals surface area contributed by atoms with Gasteiger partial charge in [0, 0.05) is 5.56 Å². The number of thioether (sulfide) groups is 1. The van der Waals surface area contributed by atoms with E-state index >= 15 is 0 Å². The molecule has 1 aliphatic heterocycles. The van der Waals surface area contributed by atoms with Crippen LogP contribution in [0.15, 0.2) is 59.5 Å². The summed E-state index contributed by atoms with van der Waals surface area (Å²) in [5.41, 5.74) is 3.71. The van der Waals surface area contributed by atoms with Gasteiger partial charge < -0.3 is 5.11 Å². The maximum Gasteiger partial charge on any atom is 0.285 e. The van der Waals surface area contributed by atoms with Gasteiger partial charge in [-0.1, -0.05) is 42.1 Å². The van der Waals surface area contributed by atoms with Crippen LogP contribution in [0, 0.1) is 0 Å². The van der Waals surface area contributed by atoms with Gasteiger partial charge in [-0.15, -0.1) is 0 Å². The van der Waals surface area contributed by atoms with Crippen molar-refractivity contribution in [1.82, 2.24) is 10.4 Å². The van der Waals surface area contributed by atoms with E-state index in [1.165, 1.54) is 12.1 Å². The average Bonchev–Trinajstić information content (AvgIpc) is 2.85. The maximum atomic E-state index is 12.4. The van der Waals surface area contributed by atoms with Gasteiger partial charge in [0.15, 0.2) is 4.32 Å². The Hall–Kier alpha value is -2.64. The SMILES string of the molecule is O=C(NN1C(=O)/C(=C/c2ccc(O)cc2)SC1=S)c1ccccc1. The molecular formula is C17H12N2O3S2. The molecule has 2 N–H and O–H groups in total. The summed E-state index contributed by atoms with van der Waals surface area (Å²) in [4.78, 5) is 25.0. The number of carbonyl (C=O) groups is 2. The number of hydrogen-bond donors (Lipinski definition) is 2. The molecule has 1 fully saturated rings. The van der Waals surface area contributed by atoms with Crippen LogP contribution in [0.5, 0.6) is 5.75 Å². The Morgan fingerprint density at radius 3 is 2.46 bits per heavy atom. The molecular weight excluding hydrogens is 344 g/mol. The number of phenols is 1. The van der Waals surface area contributed by atoms with E-state index in [1.54, 1.807) is 48.5 Å². The molecule has 0 radical (unpaired) electrons. The van der Waals surface area contributed by atoms with Crippen molar-refractivity contribution in [2.45, 2.75) is 0 Å². The lowest BCUT2D eigenvalue weighted by molar-refractivity contribution is -0.123. The largest absolute Gasteiger partial charge is 0.508 e. The summed E-state index contributed by atoms with van der Waals surface area (Å²) in [6.45, 7) is 0. The van der Waals surface area contributed by atoms with Gasteiger partial charge in [-0.05, 0) is 48.1 Å². The van der Waals surface area contributed by atoms with Crippen LogP contribution in [-0.4, -0.2) is 26.3 Å². The van der Waals surface area contributed by atoms with E-state index in [4.69, 9.17) is 12.2 Å². The first kappa shape index (κ1) is 16.2. The zero-order chi connectivity index (χ0) is 17.1. The van der Waals surface area contributed by atoms with Gasteiger partial charge in [0.25, 0.3) is 11.8 Å². The van der Waals surface area contributed by atoms with Crippen LogP contribution < -0.4 is 5.43 Å². The van der Waals surface area contributed by atoms with Gasteiger partial charge in [0.2, 0.25) is 0 Å². The summed E-state index contributed by atoms with van der Waals surface area (Å²) in [5.74, 6) is -0.644. The molecule has 0 aliphatic carbocycles. The van der Waals surface area contributed by atoms with Crippen molar-refractivity contribution in [3.63, 3.8) is 0 Å². The molecule has 3 rings (SSSR count). The van der Waals surface area contributed by atoms with Crippen LogP contribution in [-0.2, 0) is 4.79 Å². The van der Waals surface area contributed by atoms with E-state index in [2.05, 4.69) is 5.43 Å². The van der Waals surface area contributed by atoms with Crippen molar-refractivity contribution >= 4 is 46.2 Å². The monoisotopic (exact) mass is 356 g/mol. The highest BCUT2D eigenvalue weighted by Gasteiger charge is 2.33. The predicted molar refractivity (Wildman–Crippen MR) is 97.0 cm³/mol. The lowest BCUT2D eigenvalue weighted by Gasteiger charge is -2.15. The van der Waals surface area contributed by atoms with Crippen LogP contribution in [0.1, 0.15) is 15.9 Å². The molecule has 2 aromatic rings. The van der Waals surface area contributed by atoms with Crippen LogP contribution in [0.2, 0.25) is 0 Å². The predicted octanol–water partition coefficient (Wildman–Crippen LogP) is 2.94. The Balaban J connectivity index is 1.77. The first-order valence-electron chi connectivity index (χ1n) is 6.97. The first-order valence-corrected chi connectivity index (χ1v) is 8.20. The summed E-state index contributed by atoms with van der Waals surface area (Å²) >= 11 is 6.28. The molecule has 2 amide bonds. The number of benzene rings is 2. The molecule has 120 valence electrons. The lowest BCUT2D eigenvalue weighted by Crippen LogP contribution is -2.44. The first-order chi connectivity index (χ1) is 11.5. The Labute approximate surface area is 147 Å². The van der Waals surface area contributed by atoms with E-state index in [0.717, 1.165) is 22.3 Å². The molecule has 5 nitrogen and oxygen atoms in total. The number of aromatic hydroxyl groups is 1. The number of rotatable bonds is 3. The topological polar surface area (TPSA) is 69.6 Å². The summed E-state index contributed by atoms with van der Waals surface area (Å²) in [5, 5.41) is 10.4. The van der Waals surface area contributed by atoms with Gasteiger partial charge in [0.05, 0.1) is 4.91 Å². The smallest absolute Gasteiger partial charge is 0.285 e. The fraction of sp³-hybridized carbons (Fsp3) is 0. The molecule has 0 aromatic heterocycles. The normalized spacial score (nSPS) is 15.8. The zero-order valence-electron chi connectivity index (χ0n) is 12.3. The van der Waals surface area contributed by atoms with Crippen LogP contribution in [0.25, 0.3) is 6.08 Å². The summed E-state index contributed by atoms with van der Waals surface area (Å²) in [7, 11) is 0. The summed E-state index contributed by atoms with van der Waals surface area (Å²) in [6, 6.07) is 15.0. The number of hydrazine groups is 1. The number of nitrogens with one attached hydrogen (secondary N) is 1. The number of hydrogen-bond acceptors (Lipinski definition) is 5. The molecule has 0 atom stereocenters. The minimum atomic E-state index is -0.405. The number of phenolic OH excluding ortho intramolecular Hbond substituents is 1. The highest BCUT2D eigenvalue weighted by molar-refractivity contribution is 8.26. The quantitative estimate of drug-likeness (QED) is 0.654. The average molecular weight is 356 g/mol. The van der Waals surface area contributed by atoms with E-state index in [9.17, 15) is 14.7 Å². The Bertz CT molecular complexity index is 833. The van der Waals surface area contributed by atoms with Crippen molar-refractivity contribution in [1.29, 1.82) is 0 Å². The number of amides is 2. The Morgan fingerprint density at radius 1 is 1.12 bits per heavy atom. The second-order valence-corrected chi connectivity index (χ2v) is 6.59. The molecule has 2 aromatic carbocycles. The molecule has 0 saturated carbocycles. The highest BCUT2D eigenvalue weighted by Crippen LogP contribution is 2.31. The zero-order valence-corrected chi connectivity index (χ0v) is 13.9. The maximum absolute atomic E-state index is 12.4. The molecule has 0 unspecified atom stereocenters. The van der Waals surface area contributed by atoms with Crippen LogP contribution >= 0.6 is 24.0 Å². The van der Waals surface area contributed by atoms with E-state index in [-0.39, 0.29) is 16.0 Å². The molecule has 24 heavy (non-hydrogen) atoms. The van der Waals surface area contributed by atoms with E-state index < -0.39 is 5.91 Å². The van der Waals surface area contributed by atoms with Gasteiger partial charge in [-0.25, -0.2) is 0 Å². The third kappa shape index (κ3) is 3.47. The van der Waals surface area contributed by atoms with Crippen molar-refractivity contribution < 1.29 is 14.7 Å². The minimum absolute atomic E-state index is 0.148. The van der Waals surface area contributed by atoms with Crippen LogP contribution in [0.4, 0.5) is 0 Å². The Kier molecular flexibility index (Phi) is 4.64. The van der Waals surface area contributed by atoms with Gasteiger partial charge in [0.1, 0.15) is 5.75 Å². The van der Waals surface area contributed by atoms with Crippen LogP contribution in [0.3, 0.4) is 0 Å². The van der Waals surface area contributed by atoms with Crippen molar-refractivity contribution in [2.24, 2.45) is 0 Å². The summed E-state index contributed by atoms with van der Waals surface area (Å²) < 4.78 is 0.259. The number of carbonyl (C=O) groups excluding carboxylic acids is 2. The second kappa shape index (κ2) is 6.86. The fourth-order valence-electron chi connectivity index (χ4n) is 2.04. The molecule has 1 heterocycles. The highest BCUT2D eigenvalue weighted by atomic mass is 32.2. The van der Waals surface area contributed by atoms with Crippen molar-refractivity contribution in [3.05, 3.63) is 70.6 Å². The molecule has 1 saturated heterocycles. The molecule has 1 aliphatic rings.